The van der Waals surface area contributed by atoms with Crippen LogP contribution in [0.3, 0.4) is 0 Å². The second-order valence-electron chi connectivity index (χ2n) is 13.5. The average Bonchev–Trinajstić information content (AvgIpc) is 3.63. The second kappa shape index (κ2) is 12.9. The summed E-state index contributed by atoms with van der Waals surface area (Å²) in [5, 5.41) is 4.92. The minimum absolute atomic E-state index is 0.921. The van der Waals surface area contributed by atoms with Gasteiger partial charge >= 0.3 is 0 Å². The van der Waals surface area contributed by atoms with Gasteiger partial charge in [-0.05, 0) is 102 Å². The van der Waals surface area contributed by atoms with Gasteiger partial charge in [-0.2, -0.15) is 0 Å². The van der Waals surface area contributed by atoms with Crippen LogP contribution in [-0.2, 0) is 0 Å². The Morgan fingerprint density at radius 3 is 1.26 bits per heavy atom. The molecule has 0 aliphatic carbocycles. The molecule has 0 saturated heterocycles. The zero-order chi connectivity index (χ0) is 35.1. The van der Waals surface area contributed by atoms with Gasteiger partial charge < -0.3 is 0 Å². The van der Waals surface area contributed by atoms with E-state index < -0.39 is 0 Å². The maximum absolute atomic E-state index is 5.41. The lowest BCUT2D eigenvalue weighted by Gasteiger charge is -2.18. The van der Waals surface area contributed by atoms with Crippen LogP contribution in [0.4, 0.5) is 0 Å². The van der Waals surface area contributed by atoms with Crippen molar-refractivity contribution in [2.75, 3.05) is 0 Å². The van der Waals surface area contributed by atoms with Gasteiger partial charge in [0.15, 0.2) is 0 Å². The Balaban J connectivity index is 1.19. The summed E-state index contributed by atoms with van der Waals surface area (Å²) in [7, 11) is 0. The van der Waals surface area contributed by atoms with Crippen LogP contribution in [0.5, 0.6) is 0 Å². The Morgan fingerprint density at radius 2 is 0.717 bits per heavy atom. The summed E-state index contributed by atoms with van der Waals surface area (Å²) in [5.74, 6) is 0.921. The second-order valence-corrected chi connectivity index (χ2v) is 13.5. The van der Waals surface area contributed by atoms with Crippen molar-refractivity contribution in [2.45, 2.75) is 0 Å². The lowest BCUT2D eigenvalue weighted by atomic mass is 9.85. The molecule has 0 unspecified atom stereocenters. The molecule has 0 aliphatic heterocycles. The third-order valence-electron chi connectivity index (χ3n) is 10.4. The molecule has 0 fully saturated rings. The van der Waals surface area contributed by atoms with E-state index in [-0.39, 0.29) is 0 Å². The molecule has 0 radical (unpaired) electrons. The summed E-state index contributed by atoms with van der Waals surface area (Å²) < 4.78 is 2.29. The standard InChI is InChI=1S/C51H34N2/c1-4-16-35(17-5-1)37-20-14-22-39(32-37)49-43-26-10-12-28-45(43)50(46-29-13-11-27-44(46)49)40-30-31-48-47(34-40)52-51(53(48)42-24-8-3-9-25-42)41-23-15-21-38(33-41)36-18-6-2-7-19-36/h1-34H. The Labute approximate surface area is 308 Å². The summed E-state index contributed by atoms with van der Waals surface area (Å²) in [6, 6.07) is 74.0. The van der Waals surface area contributed by atoms with Crippen LogP contribution in [0, 0.1) is 0 Å². The number of hydrogen-bond acceptors (Lipinski definition) is 1. The molecule has 0 atom stereocenters. The largest absolute Gasteiger partial charge is 0.292 e. The normalized spacial score (nSPS) is 11.4. The lowest BCUT2D eigenvalue weighted by molar-refractivity contribution is 1.10. The Kier molecular flexibility index (Phi) is 7.51. The molecular weight excluding hydrogens is 641 g/mol. The van der Waals surface area contributed by atoms with Gasteiger partial charge in [-0.1, -0.05) is 170 Å². The number of nitrogens with zero attached hydrogens (tertiary/aromatic N) is 2. The van der Waals surface area contributed by atoms with Crippen molar-refractivity contribution >= 4 is 32.6 Å². The Hall–Kier alpha value is -7.03. The molecule has 0 saturated carbocycles. The molecule has 0 bridgehead atoms. The van der Waals surface area contributed by atoms with Crippen LogP contribution < -0.4 is 0 Å². The summed E-state index contributed by atoms with van der Waals surface area (Å²) in [6.07, 6.45) is 0. The van der Waals surface area contributed by atoms with E-state index in [1.54, 1.807) is 0 Å². The molecule has 9 aromatic carbocycles. The maximum atomic E-state index is 5.41. The SMILES string of the molecule is c1ccc(-c2cccc(-c3c4ccccc4c(-c4ccc5c(c4)nc(-c4cccc(-c6ccccc6)c4)n5-c4ccccc4)c4ccccc34)c2)cc1. The molecule has 1 heterocycles. The predicted molar refractivity (Wildman–Crippen MR) is 223 cm³/mol. The van der Waals surface area contributed by atoms with E-state index in [0.717, 1.165) is 33.7 Å². The minimum Gasteiger partial charge on any atom is -0.292 e. The number of para-hydroxylation sites is 1. The Bertz CT molecular complexity index is 2870. The smallest absolute Gasteiger partial charge is 0.145 e. The first kappa shape index (κ1) is 30.8. The van der Waals surface area contributed by atoms with E-state index in [1.807, 2.05) is 0 Å². The van der Waals surface area contributed by atoms with Gasteiger partial charge in [0, 0.05) is 11.3 Å². The van der Waals surface area contributed by atoms with Crippen LogP contribution in [0.1, 0.15) is 0 Å². The third kappa shape index (κ3) is 5.40. The fourth-order valence-electron chi connectivity index (χ4n) is 7.97. The van der Waals surface area contributed by atoms with Gasteiger partial charge in [0.25, 0.3) is 0 Å². The lowest BCUT2D eigenvalue weighted by Crippen LogP contribution is -1.97. The van der Waals surface area contributed by atoms with Crippen LogP contribution in [0.15, 0.2) is 206 Å². The van der Waals surface area contributed by atoms with Crippen molar-refractivity contribution in [1.29, 1.82) is 0 Å². The zero-order valence-electron chi connectivity index (χ0n) is 29.0. The van der Waals surface area contributed by atoms with Crippen LogP contribution in [0.2, 0.25) is 0 Å². The minimum atomic E-state index is 0.921. The molecule has 248 valence electrons. The molecule has 1 aromatic heterocycles. The molecule has 0 N–H and O–H groups in total. The quantitative estimate of drug-likeness (QED) is 0.161. The first-order valence-electron chi connectivity index (χ1n) is 18.1. The topological polar surface area (TPSA) is 17.8 Å². The first-order chi connectivity index (χ1) is 26.3. The third-order valence-corrected chi connectivity index (χ3v) is 10.4. The van der Waals surface area contributed by atoms with Gasteiger partial charge in [0.2, 0.25) is 0 Å². The highest BCUT2D eigenvalue weighted by atomic mass is 15.1. The number of aromatic nitrogens is 2. The van der Waals surface area contributed by atoms with Crippen molar-refractivity contribution in [2.24, 2.45) is 0 Å². The fourth-order valence-corrected chi connectivity index (χ4v) is 7.97. The van der Waals surface area contributed by atoms with E-state index >= 15 is 0 Å². The number of hydrogen-bond donors (Lipinski definition) is 0. The monoisotopic (exact) mass is 674 g/mol. The summed E-state index contributed by atoms with van der Waals surface area (Å²) in [5.41, 5.74) is 13.8. The van der Waals surface area contributed by atoms with Gasteiger partial charge in [0.05, 0.1) is 11.0 Å². The van der Waals surface area contributed by atoms with Crippen LogP contribution >= 0.6 is 0 Å². The predicted octanol–water partition coefficient (Wildman–Crippen LogP) is 13.7. The highest BCUT2D eigenvalue weighted by Gasteiger charge is 2.20. The van der Waals surface area contributed by atoms with Crippen LogP contribution in [0.25, 0.3) is 94.2 Å². The number of imidazole rings is 1. The highest BCUT2D eigenvalue weighted by molar-refractivity contribution is 6.21. The number of rotatable bonds is 6. The first-order valence-corrected chi connectivity index (χ1v) is 18.1. The molecule has 0 aliphatic rings. The van der Waals surface area contributed by atoms with Gasteiger partial charge in [-0.15, -0.1) is 0 Å². The van der Waals surface area contributed by atoms with Crippen molar-refractivity contribution in [1.82, 2.24) is 9.55 Å². The molecule has 10 rings (SSSR count). The van der Waals surface area contributed by atoms with E-state index in [1.165, 1.54) is 60.5 Å². The van der Waals surface area contributed by atoms with Gasteiger partial charge in [-0.3, -0.25) is 4.57 Å². The molecule has 2 heteroatoms. The number of fused-ring (bicyclic) bond motifs is 3. The number of benzene rings is 9. The molecule has 10 aromatic rings. The van der Waals surface area contributed by atoms with Crippen molar-refractivity contribution in [3.8, 4) is 61.6 Å². The van der Waals surface area contributed by atoms with Crippen molar-refractivity contribution in [3.05, 3.63) is 206 Å². The van der Waals surface area contributed by atoms with E-state index in [4.69, 9.17) is 4.98 Å². The van der Waals surface area contributed by atoms with Gasteiger partial charge in [-0.25, -0.2) is 4.98 Å². The fraction of sp³-hybridized carbons (Fsp3) is 0. The average molecular weight is 675 g/mol. The van der Waals surface area contributed by atoms with Crippen molar-refractivity contribution in [3.63, 3.8) is 0 Å². The van der Waals surface area contributed by atoms with Crippen molar-refractivity contribution < 1.29 is 0 Å². The molecule has 0 amide bonds. The Morgan fingerprint density at radius 1 is 0.302 bits per heavy atom. The van der Waals surface area contributed by atoms with E-state index in [0.29, 0.717) is 0 Å². The summed E-state index contributed by atoms with van der Waals surface area (Å²) >= 11 is 0. The van der Waals surface area contributed by atoms with Crippen LogP contribution in [-0.4, -0.2) is 9.55 Å². The molecule has 0 spiro atoms. The maximum Gasteiger partial charge on any atom is 0.145 e. The van der Waals surface area contributed by atoms with E-state index in [2.05, 4.69) is 211 Å². The molecular formula is C51H34N2. The highest BCUT2D eigenvalue weighted by Crippen LogP contribution is 2.45. The van der Waals surface area contributed by atoms with E-state index in [9.17, 15) is 0 Å². The van der Waals surface area contributed by atoms with Gasteiger partial charge in [0.1, 0.15) is 5.82 Å². The summed E-state index contributed by atoms with van der Waals surface area (Å²) in [4.78, 5) is 5.41. The molecule has 2 nitrogen and oxygen atoms in total. The zero-order valence-corrected chi connectivity index (χ0v) is 29.0. The molecule has 53 heavy (non-hydrogen) atoms. The summed E-state index contributed by atoms with van der Waals surface area (Å²) in [6.45, 7) is 0.